The molecule has 0 rings (SSSR count). The van der Waals surface area contributed by atoms with Crippen molar-refractivity contribution in [3.63, 3.8) is 0 Å². The monoisotopic (exact) mass is 352 g/mol. The third kappa shape index (κ3) is 13.2. The Labute approximate surface area is 143 Å². The van der Waals surface area contributed by atoms with E-state index in [2.05, 4.69) is 25.3 Å². The maximum absolute atomic E-state index is 11.0. The highest BCUT2D eigenvalue weighted by molar-refractivity contribution is 7.82. The third-order valence-corrected chi connectivity index (χ3v) is 2.95. The lowest BCUT2D eigenvalue weighted by atomic mass is 10.1. The molecular weight excluding hydrogens is 324 g/mol. The number of rotatable bonds is 11. The fourth-order valence-corrected chi connectivity index (χ4v) is 2.59. The molecule has 0 atom stereocenters. The van der Waals surface area contributed by atoms with Gasteiger partial charge in [-0.15, -0.1) is 0 Å². The highest BCUT2D eigenvalue weighted by Gasteiger charge is 2.23. The lowest BCUT2D eigenvalue weighted by molar-refractivity contribution is -0.140. The van der Waals surface area contributed by atoms with Crippen LogP contribution in [0.2, 0.25) is 0 Å². The van der Waals surface area contributed by atoms with E-state index in [1.807, 2.05) is 27.7 Å². The van der Waals surface area contributed by atoms with Crippen LogP contribution in [0.1, 0.15) is 27.7 Å². The Bertz CT molecular complexity index is 342. The smallest absolute Gasteiger partial charge is 0.317 e. The van der Waals surface area contributed by atoms with Crippen molar-refractivity contribution in [2.24, 2.45) is 0 Å². The summed E-state index contributed by atoms with van der Waals surface area (Å²) in [5, 5.41) is 18.0. The molecule has 0 aliphatic rings. The average Bonchev–Trinajstić information content (AvgIpc) is 2.19. The highest BCUT2D eigenvalue weighted by atomic mass is 32.1. The lowest BCUT2D eigenvalue weighted by Gasteiger charge is -2.32. The molecule has 0 saturated heterocycles. The van der Waals surface area contributed by atoms with Gasteiger partial charge in [-0.3, -0.25) is 19.4 Å². The summed E-state index contributed by atoms with van der Waals surface area (Å²) >= 11 is 8.86. The summed E-state index contributed by atoms with van der Waals surface area (Å²) in [6, 6.07) is 0. The maximum atomic E-state index is 11.0. The summed E-state index contributed by atoms with van der Waals surface area (Å²) in [4.78, 5) is 25.5. The zero-order valence-corrected chi connectivity index (χ0v) is 15.5. The first kappa shape index (κ1) is 21.6. The van der Waals surface area contributed by atoms with Crippen molar-refractivity contribution in [1.82, 2.24) is 9.80 Å². The van der Waals surface area contributed by atoms with Gasteiger partial charge in [0, 0.05) is 35.7 Å². The van der Waals surface area contributed by atoms with Gasteiger partial charge in [0.05, 0.1) is 13.1 Å². The molecule has 0 aromatic heterocycles. The summed E-state index contributed by atoms with van der Waals surface area (Å²) in [5.74, 6) is -1.81. The molecule has 0 aliphatic heterocycles. The second kappa shape index (κ2) is 9.00. The lowest BCUT2D eigenvalue weighted by Crippen LogP contribution is -2.46. The first-order chi connectivity index (χ1) is 9.78. The van der Waals surface area contributed by atoms with Gasteiger partial charge in [-0.1, -0.05) is 0 Å². The third-order valence-electron chi connectivity index (χ3n) is 2.67. The second-order valence-corrected chi connectivity index (χ2v) is 9.25. The molecule has 6 nitrogen and oxygen atoms in total. The Kier molecular flexibility index (Phi) is 8.82. The van der Waals surface area contributed by atoms with Crippen molar-refractivity contribution in [3.05, 3.63) is 0 Å². The number of hydrogen-bond donors (Lipinski definition) is 4. The van der Waals surface area contributed by atoms with Gasteiger partial charge in [0.25, 0.3) is 0 Å². The van der Waals surface area contributed by atoms with Gasteiger partial charge in [-0.2, -0.15) is 25.3 Å². The summed E-state index contributed by atoms with van der Waals surface area (Å²) in [7, 11) is 0. The van der Waals surface area contributed by atoms with Crippen molar-refractivity contribution in [1.29, 1.82) is 0 Å². The van der Waals surface area contributed by atoms with E-state index in [1.54, 1.807) is 9.80 Å². The number of carboxylic acid groups (broad SMARTS) is 2. The zero-order valence-electron chi connectivity index (χ0n) is 13.7. The number of carboxylic acids is 2. The summed E-state index contributed by atoms with van der Waals surface area (Å²) in [6.45, 7) is 9.42. The quantitative estimate of drug-likeness (QED) is 0.418. The van der Waals surface area contributed by atoms with Crippen LogP contribution >= 0.6 is 25.3 Å². The summed E-state index contributed by atoms with van der Waals surface area (Å²) in [5.41, 5.74) is 0. The number of nitrogens with zero attached hydrogens (tertiary/aromatic N) is 2. The molecule has 22 heavy (non-hydrogen) atoms. The van der Waals surface area contributed by atoms with Crippen LogP contribution in [0.15, 0.2) is 0 Å². The predicted octanol–water partition coefficient (Wildman–Crippen LogP) is 1.18. The number of hydrogen-bond acceptors (Lipinski definition) is 6. The van der Waals surface area contributed by atoms with Crippen LogP contribution in [0.4, 0.5) is 0 Å². The van der Waals surface area contributed by atoms with Gasteiger partial charge in [0.15, 0.2) is 0 Å². The largest absolute Gasteiger partial charge is 0.480 e. The van der Waals surface area contributed by atoms with E-state index < -0.39 is 11.9 Å². The fraction of sp³-hybridized carbons (Fsp3) is 0.857. The molecule has 0 spiro atoms. The molecule has 0 unspecified atom stereocenters. The van der Waals surface area contributed by atoms with E-state index in [-0.39, 0.29) is 22.6 Å². The average molecular weight is 353 g/mol. The van der Waals surface area contributed by atoms with Crippen LogP contribution in [-0.4, -0.2) is 80.7 Å². The van der Waals surface area contributed by atoms with Crippen molar-refractivity contribution in [3.8, 4) is 0 Å². The molecule has 0 amide bonds. The first-order valence-corrected chi connectivity index (χ1v) is 8.01. The summed E-state index contributed by atoms with van der Waals surface area (Å²) in [6.07, 6.45) is 0. The number of aliphatic carboxylic acids is 2. The SMILES string of the molecule is CC(C)(S)CN(CCN(CC(=O)O)CC(C)(C)S)CC(=O)O. The Morgan fingerprint density at radius 3 is 1.27 bits per heavy atom. The predicted molar refractivity (Wildman–Crippen MR) is 94.3 cm³/mol. The van der Waals surface area contributed by atoms with Crippen molar-refractivity contribution in [2.75, 3.05) is 39.3 Å². The van der Waals surface area contributed by atoms with Crippen molar-refractivity contribution >= 4 is 37.2 Å². The van der Waals surface area contributed by atoms with E-state index >= 15 is 0 Å². The molecule has 0 fully saturated rings. The molecule has 0 saturated carbocycles. The van der Waals surface area contributed by atoms with Gasteiger partial charge >= 0.3 is 11.9 Å². The first-order valence-electron chi connectivity index (χ1n) is 7.11. The molecule has 2 N–H and O–H groups in total. The topological polar surface area (TPSA) is 81.1 Å². The Morgan fingerprint density at radius 1 is 0.818 bits per heavy atom. The standard InChI is InChI=1S/C14H28N2O4S2/c1-13(2,21)9-15(7-11(17)18)5-6-16(8-12(19)20)10-14(3,4)22/h21-22H,5-10H2,1-4H3,(H,17,18)(H,19,20). The molecule has 8 heteroatoms. The van der Waals surface area contributed by atoms with Crippen molar-refractivity contribution in [2.45, 2.75) is 37.2 Å². The molecular formula is C14H28N2O4S2. The summed E-state index contributed by atoms with van der Waals surface area (Å²) < 4.78 is -0.647. The van der Waals surface area contributed by atoms with Crippen LogP contribution in [0.3, 0.4) is 0 Å². The van der Waals surface area contributed by atoms with Gasteiger partial charge in [-0.25, -0.2) is 0 Å². The molecule has 0 bridgehead atoms. The Morgan fingerprint density at radius 2 is 1.09 bits per heavy atom. The minimum absolute atomic E-state index is 0.0881. The molecule has 0 aliphatic carbocycles. The molecule has 0 aromatic rings. The van der Waals surface area contributed by atoms with Gasteiger partial charge in [0.2, 0.25) is 0 Å². The van der Waals surface area contributed by atoms with Gasteiger partial charge < -0.3 is 10.2 Å². The second-order valence-electron chi connectivity index (χ2n) is 6.83. The molecule has 0 radical (unpaired) electrons. The van der Waals surface area contributed by atoms with E-state index in [0.29, 0.717) is 26.2 Å². The van der Waals surface area contributed by atoms with E-state index in [9.17, 15) is 9.59 Å². The van der Waals surface area contributed by atoms with Crippen molar-refractivity contribution < 1.29 is 19.8 Å². The van der Waals surface area contributed by atoms with Crippen LogP contribution < -0.4 is 0 Å². The minimum Gasteiger partial charge on any atom is -0.480 e. The molecule has 130 valence electrons. The Hall–Kier alpha value is -0.440. The van der Waals surface area contributed by atoms with Crippen LogP contribution in [0.5, 0.6) is 0 Å². The number of carbonyl (C=O) groups is 2. The molecule has 0 heterocycles. The van der Waals surface area contributed by atoms with E-state index in [1.165, 1.54) is 0 Å². The van der Waals surface area contributed by atoms with Gasteiger partial charge in [-0.05, 0) is 27.7 Å². The van der Waals surface area contributed by atoms with Crippen LogP contribution in [-0.2, 0) is 9.59 Å². The minimum atomic E-state index is -0.906. The zero-order chi connectivity index (χ0) is 17.6. The number of thiol groups is 2. The van der Waals surface area contributed by atoms with E-state index in [0.717, 1.165) is 0 Å². The van der Waals surface area contributed by atoms with Gasteiger partial charge in [0.1, 0.15) is 0 Å². The van der Waals surface area contributed by atoms with Crippen LogP contribution in [0, 0.1) is 0 Å². The fourth-order valence-electron chi connectivity index (χ4n) is 2.19. The normalized spacial score (nSPS) is 12.9. The Balaban J connectivity index is 4.71. The van der Waals surface area contributed by atoms with Crippen LogP contribution in [0.25, 0.3) is 0 Å². The highest BCUT2D eigenvalue weighted by Crippen LogP contribution is 2.15. The molecule has 0 aromatic carbocycles. The maximum Gasteiger partial charge on any atom is 0.317 e. The van der Waals surface area contributed by atoms with E-state index in [4.69, 9.17) is 10.2 Å².